The Kier molecular flexibility index (Phi) is 15.5. The predicted octanol–water partition coefficient (Wildman–Crippen LogP) is 11.1. The molecule has 2 fully saturated rings. The zero-order valence-corrected chi connectivity index (χ0v) is 37.1. The first-order valence-corrected chi connectivity index (χ1v) is 22.8. The first-order valence-electron chi connectivity index (χ1n) is 22.8. The number of rotatable bonds is 18. The highest BCUT2D eigenvalue weighted by molar-refractivity contribution is 5.57. The van der Waals surface area contributed by atoms with Crippen LogP contribution in [0.1, 0.15) is 116 Å². The van der Waals surface area contributed by atoms with E-state index in [2.05, 4.69) is 148 Å². The number of hydrogen-bond acceptors (Lipinski definition) is 6. The summed E-state index contributed by atoms with van der Waals surface area (Å²) in [7, 11) is 0. The van der Waals surface area contributed by atoms with Gasteiger partial charge in [0.1, 0.15) is 24.7 Å². The molecule has 6 heteroatoms. The molecule has 4 aromatic carbocycles. The molecule has 7 rings (SSSR count). The van der Waals surface area contributed by atoms with Gasteiger partial charge in [0.25, 0.3) is 0 Å². The van der Waals surface area contributed by atoms with Crippen molar-refractivity contribution < 1.29 is 14.2 Å². The molecule has 2 aliphatic rings. The topological polar surface area (TPSA) is 47.1 Å². The zero-order valence-electron chi connectivity index (χ0n) is 37.1. The Morgan fingerprint density at radius 3 is 1.97 bits per heavy atom. The molecule has 2 unspecified atom stereocenters. The van der Waals surface area contributed by atoms with Crippen LogP contribution >= 0.6 is 0 Å². The van der Waals surface area contributed by atoms with E-state index in [-0.39, 0.29) is 23.2 Å². The van der Waals surface area contributed by atoms with Crippen LogP contribution in [0.25, 0.3) is 0 Å². The summed E-state index contributed by atoms with van der Waals surface area (Å²) < 4.78 is 19.1. The maximum atomic E-state index is 7.14. The molecule has 0 bridgehead atoms. The Hall–Kier alpha value is -4.49. The second kappa shape index (κ2) is 21.3. The van der Waals surface area contributed by atoms with Crippen molar-refractivity contribution in [1.29, 1.82) is 0 Å². The molecular formula is C54H69N3O3. The highest BCUT2D eigenvalue weighted by atomic mass is 16.5. The molecule has 0 saturated carbocycles. The average molecular weight is 808 g/mol. The molecule has 2 saturated heterocycles. The Morgan fingerprint density at radius 2 is 1.32 bits per heavy atom. The van der Waals surface area contributed by atoms with Gasteiger partial charge in [-0.25, -0.2) is 0 Å². The summed E-state index contributed by atoms with van der Waals surface area (Å²) in [6.45, 7) is 21.1. The molecule has 0 radical (unpaired) electrons. The lowest BCUT2D eigenvalue weighted by atomic mass is 9.64. The number of hydrogen-bond donors (Lipinski definition) is 0. The van der Waals surface area contributed by atoms with Gasteiger partial charge in [0.05, 0.1) is 13.2 Å². The van der Waals surface area contributed by atoms with Crippen molar-refractivity contribution in [1.82, 2.24) is 14.8 Å². The van der Waals surface area contributed by atoms with Gasteiger partial charge in [0.15, 0.2) is 0 Å². The highest BCUT2D eigenvalue weighted by Crippen LogP contribution is 2.51. The van der Waals surface area contributed by atoms with Crippen molar-refractivity contribution in [2.24, 2.45) is 5.41 Å². The van der Waals surface area contributed by atoms with E-state index >= 15 is 0 Å². The quantitative estimate of drug-likeness (QED) is 0.0879. The van der Waals surface area contributed by atoms with Gasteiger partial charge >= 0.3 is 0 Å². The summed E-state index contributed by atoms with van der Waals surface area (Å²) in [6, 6.07) is 40.0. The third-order valence-electron chi connectivity index (χ3n) is 12.6. The fraction of sp³-hybridized carbons (Fsp3) is 0.463. The Morgan fingerprint density at radius 1 is 0.683 bits per heavy atom. The predicted molar refractivity (Wildman–Crippen MR) is 247 cm³/mol. The minimum absolute atomic E-state index is 0.0902. The third-order valence-corrected chi connectivity index (χ3v) is 12.6. The van der Waals surface area contributed by atoms with Crippen molar-refractivity contribution in [2.75, 3.05) is 65.7 Å². The molecule has 3 heterocycles. The van der Waals surface area contributed by atoms with Gasteiger partial charge in [0, 0.05) is 50.1 Å². The fourth-order valence-corrected chi connectivity index (χ4v) is 9.65. The van der Waals surface area contributed by atoms with Crippen LogP contribution in [0.3, 0.4) is 0 Å². The average Bonchev–Trinajstić information content (AvgIpc) is 3.26. The number of aromatic nitrogens is 1. The van der Waals surface area contributed by atoms with Crippen LogP contribution in [-0.2, 0) is 24.0 Å². The van der Waals surface area contributed by atoms with Crippen LogP contribution in [0.4, 0.5) is 0 Å². The van der Waals surface area contributed by atoms with E-state index in [1.165, 1.54) is 71.3 Å². The summed E-state index contributed by atoms with van der Waals surface area (Å²) in [5.74, 6) is 2.60. The number of likely N-dealkylation sites (tertiary alicyclic amines) is 1. The lowest BCUT2D eigenvalue weighted by Gasteiger charge is -2.41. The van der Waals surface area contributed by atoms with Crippen LogP contribution in [0, 0.1) is 5.41 Å². The number of benzene rings is 4. The maximum Gasteiger partial charge on any atom is 0.126 e. The maximum absolute atomic E-state index is 7.14. The molecule has 60 heavy (non-hydrogen) atoms. The number of morpholine rings is 1. The van der Waals surface area contributed by atoms with Crippen LogP contribution in [-0.4, -0.2) is 80.5 Å². The summed E-state index contributed by atoms with van der Waals surface area (Å²) in [6.07, 6.45) is 8.34. The van der Waals surface area contributed by atoms with E-state index in [9.17, 15) is 0 Å². The van der Waals surface area contributed by atoms with Crippen molar-refractivity contribution >= 4 is 0 Å². The van der Waals surface area contributed by atoms with Crippen molar-refractivity contribution in [2.45, 2.75) is 90.9 Å². The smallest absolute Gasteiger partial charge is 0.126 e. The van der Waals surface area contributed by atoms with Crippen LogP contribution in [0.2, 0.25) is 0 Å². The van der Waals surface area contributed by atoms with Crippen LogP contribution < -0.4 is 9.47 Å². The molecule has 6 nitrogen and oxygen atoms in total. The van der Waals surface area contributed by atoms with Gasteiger partial charge in [-0.3, -0.25) is 14.8 Å². The Balaban J connectivity index is 1.34. The molecule has 0 N–H and O–H groups in total. The van der Waals surface area contributed by atoms with Gasteiger partial charge < -0.3 is 14.2 Å². The van der Waals surface area contributed by atoms with E-state index in [0.717, 1.165) is 82.5 Å². The number of ether oxygens (including phenoxy) is 3. The molecule has 2 aliphatic heterocycles. The normalized spacial score (nSPS) is 16.4. The van der Waals surface area contributed by atoms with Crippen LogP contribution in [0.5, 0.6) is 11.5 Å². The van der Waals surface area contributed by atoms with Gasteiger partial charge in [-0.15, -0.1) is 0 Å². The molecule has 2 atom stereocenters. The molecule has 0 spiro atoms. The largest absolute Gasteiger partial charge is 0.492 e. The van der Waals surface area contributed by atoms with Crippen molar-refractivity contribution in [3.05, 3.63) is 160 Å². The van der Waals surface area contributed by atoms with E-state index in [0.29, 0.717) is 6.61 Å². The number of piperidine rings is 1. The lowest BCUT2D eigenvalue weighted by Crippen LogP contribution is -2.38. The minimum atomic E-state index is -0.0902. The highest BCUT2D eigenvalue weighted by Gasteiger charge is 2.38. The monoisotopic (exact) mass is 808 g/mol. The SMILES string of the molecule is CC(C)c1c(Cc2ccc(OCCN3CCCCC3)cc2)c(C(C(Cc2ccccn2)c2ccccc2)C(C)(C)C)cc(Cc2ccccc2)c1OCCN1CCOCC1. The second-order valence-electron chi connectivity index (χ2n) is 18.4. The Bertz CT molecular complexity index is 2020. The summed E-state index contributed by atoms with van der Waals surface area (Å²) in [4.78, 5) is 9.92. The standard InChI is InChI=1S/C54H69N3O3/c1-41(2)51-49(38-43-22-24-47(25-23-43)59-35-31-56-27-15-8-16-28-56)50(52(54(3,4)5)48(44-19-11-7-12-20-44)40-46-21-13-14-26-55-46)39-45(37-42-17-9-6-10-18-42)53(51)60-36-32-57-29-33-58-34-30-57/h6-7,9-14,17-26,39,41,48,52H,8,15-16,27-38,40H2,1-5H3. The molecular weight excluding hydrogens is 739 g/mol. The molecule has 318 valence electrons. The summed E-state index contributed by atoms with van der Waals surface area (Å²) >= 11 is 0. The summed E-state index contributed by atoms with van der Waals surface area (Å²) in [5, 5.41) is 0. The minimum Gasteiger partial charge on any atom is -0.492 e. The Labute approximate surface area is 361 Å². The zero-order chi connectivity index (χ0) is 41.7. The van der Waals surface area contributed by atoms with Crippen molar-refractivity contribution in [3.63, 3.8) is 0 Å². The lowest BCUT2D eigenvalue weighted by molar-refractivity contribution is 0.0321. The van der Waals surface area contributed by atoms with E-state index in [1.807, 2.05) is 12.3 Å². The van der Waals surface area contributed by atoms with Gasteiger partial charge in [-0.1, -0.05) is 126 Å². The second-order valence-corrected chi connectivity index (χ2v) is 18.4. The van der Waals surface area contributed by atoms with Gasteiger partial charge in [-0.2, -0.15) is 0 Å². The van der Waals surface area contributed by atoms with E-state index < -0.39 is 0 Å². The molecule has 1 aromatic heterocycles. The number of pyridine rings is 1. The van der Waals surface area contributed by atoms with E-state index in [4.69, 9.17) is 19.2 Å². The fourth-order valence-electron chi connectivity index (χ4n) is 9.65. The van der Waals surface area contributed by atoms with Crippen molar-refractivity contribution in [3.8, 4) is 11.5 Å². The molecule has 0 amide bonds. The first-order chi connectivity index (χ1) is 29.2. The number of nitrogens with zero attached hydrogens (tertiary/aromatic N) is 3. The third kappa shape index (κ3) is 11.9. The first kappa shape index (κ1) is 43.6. The molecule has 0 aliphatic carbocycles. The van der Waals surface area contributed by atoms with E-state index in [1.54, 1.807) is 0 Å². The summed E-state index contributed by atoms with van der Waals surface area (Å²) in [5.41, 5.74) is 10.4. The van der Waals surface area contributed by atoms with Crippen LogP contribution in [0.15, 0.2) is 115 Å². The van der Waals surface area contributed by atoms with Gasteiger partial charge in [-0.05, 0) is 120 Å². The molecule has 5 aromatic rings. The van der Waals surface area contributed by atoms with Gasteiger partial charge in [0.2, 0.25) is 0 Å².